The number of aromatic carboxylic acids is 1. The minimum Gasteiger partial charge on any atom is -0.477 e. The molecule has 0 unspecified atom stereocenters. The summed E-state index contributed by atoms with van der Waals surface area (Å²) in [5.74, 6) is -1.72. The van der Waals surface area contributed by atoms with Gasteiger partial charge >= 0.3 is 11.9 Å². The maximum Gasteiger partial charge on any atom is 0.345 e. The van der Waals surface area contributed by atoms with Gasteiger partial charge in [-0.25, -0.2) is 17.9 Å². The minimum absolute atomic E-state index is 0.0663. The van der Waals surface area contributed by atoms with Gasteiger partial charge in [0.2, 0.25) is 10.0 Å². The second-order valence-corrected chi connectivity index (χ2v) is 6.23. The van der Waals surface area contributed by atoms with E-state index >= 15 is 0 Å². The van der Waals surface area contributed by atoms with Crippen molar-refractivity contribution in [1.29, 1.82) is 0 Å². The third kappa shape index (κ3) is 3.79. The zero-order valence-electron chi connectivity index (χ0n) is 9.37. The molecule has 18 heavy (non-hydrogen) atoms. The molecule has 0 atom stereocenters. The predicted octanol–water partition coefficient (Wildman–Crippen LogP) is 0.288. The van der Waals surface area contributed by atoms with Gasteiger partial charge in [-0.05, 0) is 12.1 Å². The van der Waals surface area contributed by atoms with Crippen LogP contribution >= 0.6 is 11.3 Å². The Kier molecular flexibility index (Phi) is 4.82. The van der Waals surface area contributed by atoms with Crippen LogP contribution in [0.25, 0.3) is 0 Å². The molecule has 1 rings (SSSR count). The van der Waals surface area contributed by atoms with Crippen molar-refractivity contribution in [1.82, 2.24) is 4.72 Å². The van der Waals surface area contributed by atoms with Crippen LogP contribution in [0.5, 0.6) is 0 Å². The van der Waals surface area contributed by atoms with Crippen molar-refractivity contribution in [3.05, 3.63) is 17.0 Å². The minimum atomic E-state index is -3.78. The number of nitrogens with one attached hydrogen (secondary N) is 1. The number of hydrogen-bond acceptors (Lipinski definition) is 6. The van der Waals surface area contributed by atoms with E-state index in [9.17, 15) is 18.0 Å². The van der Waals surface area contributed by atoms with Crippen LogP contribution in [-0.4, -0.2) is 39.1 Å². The fourth-order valence-corrected chi connectivity index (χ4v) is 3.26. The first-order chi connectivity index (χ1) is 8.36. The zero-order valence-corrected chi connectivity index (χ0v) is 11.0. The lowest BCUT2D eigenvalue weighted by atomic mass is 10.4. The van der Waals surface area contributed by atoms with Gasteiger partial charge in [0.25, 0.3) is 0 Å². The Hall–Kier alpha value is -1.45. The number of sulfonamides is 1. The van der Waals surface area contributed by atoms with Crippen LogP contribution < -0.4 is 4.72 Å². The van der Waals surface area contributed by atoms with Crippen LogP contribution in [0, 0.1) is 0 Å². The van der Waals surface area contributed by atoms with E-state index in [2.05, 4.69) is 9.46 Å². The SMILES string of the molecule is COC(=O)CCNS(=O)(=O)c1ccc(C(=O)O)s1. The summed E-state index contributed by atoms with van der Waals surface area (Å²) in [5, 5.41) is 8.68. The average molecular weight is 293 g/mol. The van der Waals surface area contributed by atoms with Crippen molar-refractivity contribution < 1.29 is 27.9 Å². The monoisotopic (exact) mass is 293 g/mol. The van der Waals surface area contributed by atoms with E-state index in [0.29, 0.717) is 11.3 Å². The highest BCUT2D eigenvalue weighted by Gasteiger charge is 2.18. The Morgan fingerprint density at radius 1 is 1.44 bits per heavy atom. The van der Waals surface area contributed by atoms with E-state index in [4.69, 9.17) is 5.11 Å². The van der Waals surface area contributed by atoms with Gasteiger partial charge in [-0.1, -0.05) is 0 Å². The van der Waals surface area contributed by atoms with Crippen LogP contribution in [0.2, 0.25) is 0 Å². The summed E-state index contributed by atoms with van der Waals surface area (Å²) in [6, 6.07) is 2.41. The smallest absolute Gasteiger partial charge is 0.345 e. The van der Waals surface area contributed by atoms with E-state index in [1.54, 1.807) is 0 Å². The quantitative estimate of drug-likeness (QED) is 0.729. The van der Waals surface area contributed by atoms with Gasteiger partial charge in [-0.15, -0.1) is 11.3 Å². The van der Waals surface area contributed by atoms with Crippen molar-refractivity contribution in [2.75, 3.05) is 13.7 Å². The second kappa shape index (κ2) is 5.94. The fraction of sp³-hybridized carbons (Fsp3) is 0.333. The van der Waals surface area contributed by atoms with Crippen LogP contribution in [-0.2, 0) is 19.6 Å². The molecule has 7 nitrogen and oxygen atoms in total. The summed E-state index contributed by atoms with van der Waals surface area (Å²) in [4.78, 5) is 21.3. The molecule has 0 aliphatic heterocycles. The molecule has 0 aromatic carbocycles. The molecule has 0 amide bonds. The molecule has 0 radical (unpaired) electrons. The molecule has 1 heterocycles. The van der Waals surface area contributed by atoms with Gasteiger partial charge in [0, 0.05) is 6.54 Å². The van der Waals surface area contributed by atoms with E-state index in [1.807, 2.05) is 0 Å². The number of carbonyl (C=O) groups excluding carboxylic acids is 1. The summed E-state index contributed by atoms with van der Waals surface area (Å²) in [6.45, 7) is -0.102. The molecule has 0 saturated carbocycles. The number of thiophene rings is 1. The lowest BCUT2D eigenvalue weighted by molar-refractivity contribution is -0.140. The number of carbonyl (C=O) groups is 2. The lowest BCUT2D eigenvalue weighted by Crippen LogP contribution is -2.25. The highest BCUT2D eigenvalue weighted by atomic mass is 32.2. The van der Waals surface area contributed by atoms with Crippen LogP contribution in [0.3, 0.4) is 0 Å². The summed E-state index contributed by atoms with van der Waals surface area (Å²) < 4.78 is 29.8. The van der Waals surface area contributed by atoms with Crippen molar-refractivity contribution >= 4 is 33.3 Å². The van der Waals surface area contributed by atoms with E-state index < -0.39 is 22.0 Å². The number of ether oxygens (including phenoxy) is 1. The van der Waals surface area contributed by atoms with Crippen molar-refractivity contribution in [3.63, 3.8) is 0 Å². The van der Waals surface area contributed by atoms with Crippen molar-refractivity contribution in [3.8, 4) is 0 Å². The van der Waals surface area contributed by atoms with Crippen molar-refractivity contribution in [2.24, 2.45) is 0 Å². The predicted molar refractivity (Wildman–Crippen MR) is 63.1 cm³/mol. The molecular weight excluding hydrogens is 282 g/mol. The molecule has 0 bridgehead atoms. The summed E-state index contributed by atoms with van der Waals surface area (Å²) in [7, 11) is -2.58. The molecule has 0 aliphatic rings. The molecule has 0 saturated heterocycles. The third-order valence-corrected chi connectivity index (χ3v) is 4.93. The van der Waals surface area contributed by atoms with Gasteiger partial charge in [0.1, 0.15) is 9.09 Å². The summed E-state index contributed by atoms with van der Waals surface area (Å²) >= 11 is 0.646. The number of rotatable bonds is 6. The van der Waals surface area contributed by atoms with Crippen LogP contribution in [0.1, 0.15) is 16.1 Å². The number of carboxylic acid groups (broad SMARTS) is 1. The normalized spacial score (nSPS) is 11.2. The van der Waals surface area contributed by atoms with E-state index in [-0.39, 0.29) is 22.1 Å². The number of hydrogen-bond donors (Lipinski definition) is 2. The molecule has 0 spiro atoms. The highest BCUT2D eigenvalue weighted by Crippen LogP contribution is 2.21. The largest absolute Gasteiger partial charge is 0.477 e. The van der Waals surface area contributed by atoms with Gasteiger partial charge < -0.3 is 9.84 Å². The van der Waals surface area contributed by atoms with Crippen LogP contribution in [0.4, 0.5) is 0 Å². The number of esters is 1. The first-order valence-electron chi connectivity index (χ1n) is 4.76. The third-order valence-electron chi connectivity index (χ3n) is 1.91. The van der Waals surface area contributed by atoms with Gasteiger partial charge in [-0.2, -0.15) is 0 Å². The topological polar surface area (TPSA) is 110 Å². The standard InChI is InChI=1S/C9H11NO6S2/c1-16-7(11)4-5-10-18(14,15)8-3-2-6(17-8)9(12)13/h2-3,10H,4-5H2,1H3,(H,12,13). The average Bonchev–Trinajstić information content (AvgIpc) is 2.78. The highest BCUT2D eigenvalue weighted by molar-refractivity contribution is 7.91. The molecule has 9 heteroatoms. The Bertz CT molecular complexity index is 547. The van der Waals surface area contributed by atoms with E-state index in [0.717, 1.165) is 0 Å². The maximum atomic E-state index is 11.7. The van der Waals surface area contributed by atoms with Gasteiger partial charge in [0.05, 0.1) is 13.5 Å². The molecule has 2 N–H and O–H groups in total. The number of methoxy groups -OCH3 is 1. The summed E-state index contributed by atoms with van der Waals surface area (Å²) in [6.07, 6.45) is -0.0904. The van der Waals surface area contributed by atoms with Gasteiger partial charge in [-0.3, -0.25) is 4.79 Å². The van der Waals surface area contributed by atoms with Crippen LogP contribution in [0.15, 0.2) is 16.3 Å². The zero-order chi connectivity index (χ0) is 13.8. The Balaban J connectivity index is 2.68. The lowest BCUT2D eigenvalue weighted by Gasteiger charge is -2.03. The molecule has 1 aromatic rings. The van der Waals surface area contributed by atoms with Crippen molar-refractivity contribution in [2.45, 2.75) is 10.6 Å². The second-order valence-electron chi connectivity index (χ2n) is 3.15. The summed E-state index contributed by atoms with van der Waals surface area (Å²) in [5.41, 5.74) is 0. The Morgan fingerprint density at radius 2 is 2.11 bits per heavy atom. The van der Waals surface area contributed by atoms with E-state index in [1.165, 1.54) is 19.2 Å². The first-order valence-corrected chi connectivity index (χ1v) is 7.06. The Morgan fingerprint density at radius 3 is 2.61 bits per heavy atom. The first kappa shape index (κ1) is 14.6. The molecule has 0 aliphatic carbocycles. The molecule has 0 fully saturated rings. The number of carboxylic acids is 1. The molecule has 100 valence electrons. The van der Waals surface area contributed by atoms with Gasteiger partial charge in [0.15, 0.2) is 0 Å². The molecule has 1 aromatic heterocycles. The fourth-order valence-electron chi connectivity index (χ4n) is 1.04. The Labute approximate surface area is 107 Å². The molecular formula is C9H11NO6S2. The maximum absolute atomic E-state index is 11.7.